The Morgan fingerprint density at radius 2 is 2.08 bits per heavy atom. The fourth-order valence-corrected chi connectivity index (χ4v) is 3.93. The standard InChI is InChI=1S/C24H21N7O5/c1-3-25-23-30-29-19(36-23)18-7-4-14(11-26-18)8-9-24(21(33)27-22(34)28-24)13-31-12-15-5-6-16(35-2)10-17(15)20(31)32/h4-7,10-11H,3,12-13H2,1-2H3,(H,25,30)(H2,27,28,33,34)/t24-/m1/s1. The van der Waals surface area contributed by atoms with Gasteiger partial charge in [-0.1, -0.05) is 23.0 Å². The monoisotopic (exact) mass is 487 g/mol. The van der Waals surface area contributed by atoms with Crippen LogP contribution in [0, 0.1) is 11.8 Å². The van der Waals surface area contributed by atoms with Gasteiger partial charge >= 0.3 is 12.0 Å². The smallest absolute Gasteiger partial charge is 0.323 e. The van der Waals surface area contributed by atoms with E-state index >= 15 is 0 Å². The van der Waals surface area contributed by atoms with Crippen molar-refractivity contribution < 1.29 is 23.5 Å². The van der Waals surface area contributed by atoms with Crippen LogP contribution in [0.5, 0.6) is 5.75 Å². The predicted octanol–water partition coefficient (Wildman–Crippen LogP) is 1.16. The maximum absolute atomic E-state index is 13.0. The zero-order chi connectivity index (χ0) is 25.3. The Hall–Kier alpha value is -4.92. The van der Waals surface area contributed by atoms with Crippen molar-refractivity contribution in [3.05, 3.63) is 53.2 Å². The molecule has 0 spiro atoms. The fourth-order valence-electron chi connectivity index (χ4n) is 3.93. The minimum absolute atomic E-state index is 0.131. The van der Waals surface area contributed by atoms with Crippen LogP contribution >= 0.6 is 0 Å². The number of nitrogens with one attached hydrogen (secondary N) is 3. The molecular formula is C24H21N7O5. The molecule has 4 heterocycles. The number of benzene rings is 1. The number of anilines is 1. The lowest BCUT2D eigenvalue weighted by Gasteiger charge is -2.26. The number of amides is 4. The summed E-state index contributed by atoms with van der Waals surface area (Å²) in [5, 5.41) is 15.5. The van der Waals surface area contributed by atoms with Crippen molar-refractivity contribution in [2.45, 2.75) is 19.0 Å². The fraction of sp³-hybridized carbons (Fsp3) is 0.250. The SMILES string of the molecule is CCNc1nnc(-c2ccc(C#C[C@]3(CN4Cc5ccc(OC)cc5C4=O)NC(=O)NC3=O)cn2)o1. The number of pyridine rings is 1. The Labute approximate surface area is 205 Å². The van der Waals surface area contributed by atoms with E-state index in [4.69, 9.17) is 9.15 Å². The molecule has 0 aliphatic carbocycles. The van der Waals surface area contributed by atoms with Crippen molar-refractivity contribution in [1.29, 1.82) is 0 Å². The highest BCUT2D eigenvalue weighted by molar-refractivity contribution is 6.10. The van der Waals surface area contributed by atoms with Gasteiger partial charge in [0.1, 0.15) is 11.4 Å². The zero-order valence-electron chi connectivity index (χ0n) is 19.4. The van der Waals surface area contributed by atoms with Gasteiger partial charge in [-0.2, -0.15) is 0 Å². The number of imide groups is 1. The van der Waals surface area contributed by atoms with Gasteiger partial charge in [0.05, 0.1) is 13.7 Å². The van der Waals surface area contributed by atoms with Crippen LogP contribution in [0.4, 0.5) is 10.8 Å². The molecule has 12 nitrogen and oxygen atoms in total. The first kappa shape index (κ1) is 22.9. The van der Waals surface area contributed by atoms with Crippen LogP contribution in [0.15, 0.2) is 40.9 Å². The van der Waals surface area contributed by atoms with Crippen molar-refractivity contribution >= 4 is 23.9 Å². The first-order chi connectivity index (χ1) is 17.4. The molecule has 1 atom stereocenters. The van der Waals surface area contributed by atoms with E-state index in [1.165, 1.54) is 18.2 Å². The summed E-state index contributed by atoms with van der Waals surface area (Å²) < 4.78 is 10.7. The normalized spacial score (nSPS) is 18.3. The molecular weight excluding hydrogens is 466 g/mol. The Kier molecular flexibility index (Phi) is 5.73. The average molecular weight is 487 g/mol. The maximum Gasteiger partial charge on any atom is 0.323 e. The molecule has 0 radical (unpaired) electrons. The first-order valence-corrected chi connectivity index (χ1v) is 11.1. The van der Waals surface area contributed by atoms with Crippen molar-refractivity contribution in [3.63, 3.8) is 0 Å². The molecule has 2 aromatic heterocycles. The second-order valence-corrected chi connectivity index (χ2v) is 8.12. The number of aromatic nitrogens is 3. The van der Waals surface area contributed by atoms with Crippen molar-refractivity contribution in [1.82, 2.24) is 30.7 Å². The Bertz CT molecular complexity index is 1420. The highest BCUT2D eigenvalue weighted by Gasteiger charge is 2.48. The number of rotatable bonds is 6. The summed E-state index contributed by atoms with van der Waals surface area (Å²) in [4.78, 5) is 43.6. The van der Waals surface area contributed by atoms with Crippen LogP contribution in [0.25, 0.3) is 11.6 Å². The number of hydrogen-bond acceptors (Lipinski definition) is 9. The van der Waals surface area contributed by atoms with Gasteiger partial charge in [-0.3, -0.25) is 14.9 Å². The lowest BCUT2D eigenvalue weighted by Crippen LogP contribution is -2.54. The molecule has 1 fully saturated rings. The van der Waals surface area contributed by atoms with Crippen molar-refractivity contribution in [2.24, 2.45) is 0 Å². The maximum atomic E-state index is 13.0. The number of ether oxygens (including phenoxy) is 1. The summed E-state index contributed by atoms with van der Waals surface area (Å²) in [5.74, 6) is 5.63. The zero-order valence-corrected chi connectivity index (χ0v) is 19.4. The molecule has 3 aromatic rings. The average Bonchev–Trinajstić information content (AvgIpc) is 3.55. The van der Waals surface area contributed by atoms with Crippen molar-refractivity contribution in [2.75, 3.05) is 25.5 Å². The van der Waals surface area contributed by atoms with Gasteiger partial charge in [0.25, 0.3) is 17.7 Å². The summed E-state index contributed by atoms with van der Waals surface area (Å²) in [6.07, 6.45) is 1.49. The molecule has 5 rings (SSSR count). The van der Waals surface area contributed by atoms with Crippen LogP contribution in [-0.4, -0.2) is 63.7 Å². The molecule has 0 bridgehead atoms. The summed E-state index contributed by atoms with van der Waals surface area (Å²) in [6, 6.07) is 8.17. The Morgan fingerprint density at radius 1 is 1.22 bits per heavy atom. The number of nitrogens with zero attached hydrogens (tertiary/aromatic N) is 4. The molecule has 12 heteroatoms. The highest BCUT2D eigenvalue weighted by atomic mass is 16.5. The third kappa shape index (κ3) is 4.18. The van der Waals surface area contributed by atoms with Crippen LogP contribution < -0.4 is 20.7 Å². The van der Waals surface area contributed by atoms with E-state index in [-0.39, 0.29) is 24.9 Å². The lowest BCUT2D eigenvalue weighted by molar-refractivity contribution is -0.122. The first-order valence-electron chi connectivity index (χ1n) is 11.1. The number of urea groups is 1. The summed E-state index contributed by atoms with van der Waals surface area (Å²) >= 11 is 0. The van der Waals surface area contributed by atoms with E-state index in [0.717, 1.165) is 5.56 Å². The van der Waals surface area contributed by atoms with Gasteiger partial charge in [0, 0.05) is 30.4 Å². The molecule has 3 N–H and O–H groups in total. The minimum atomic E-state index is -1.62. The third-order valence-electron chi connectivity index (χ3n) is 5.72. The summed E-state index contributed by atoms with van der Waals surface area (Å²) in [6.45, 7) is 2.69. The van der Waals surface area contributed by atoms with E-state index < -0.39 is 17.5 Å². The van der Waals surface area contributed by atoms with Gasteiger partial charge in [0.2, 0.25) is 5.54 Å². The van der Waals surface area contributed by atoms with E-state index in [9.17, 15) is 14.4 Å². The van der Waals surface area contributed by atoms with Crippen LogP contribution in [-0.2, 0) is 11.3 Å². The number of carbonyl (C=O) groups excluding carboxylic acids is 3. The topological polar surface area (TPSA) is 152 Å². The number of methoxy groups -OCH3 is 1. The Morgan fingerprint density at radius 3 is 2.78 bits per heavy atom. The van der Waals surface area contributed by atoms with E-state index in [2.05, 4.69) is 43.0 Å². The molecule has 0 unspecified atom stereocenters. The largest absolute Gasteiger partial charge is 0.497 e. The number of hydrogen-bond donors (Lipinski definition) is 3. The molecule has 4 amide bonds. The number of carbonyl (C=O) groups is 3. The molecule has 2 aliphatic heterocycles. The van der Waals surface area contributed by atoms with Gasteiger partial charge in [-0.05, 0) is 36.8 Å². The second kappa shape index (κ2) is 9.03. The predicted molar refractivity (Wildman–Crippen MR) is 126 cm³/mol. The van der Waals surface area contributed by atoms with Crippen LogP contribution in [0.2, 0.25) is 0 Å². The highest BCUT2D eigenvalue weighted by Crippen LogP contribution is 2.28. The summed E-state index contributed by atoms with van der Waals surface area (Å²) in [7, 11) is 1.52. The van der Waals surface area contributed by atoms with Crippen LogP contribution in [0.3, 0.4) is 0 Å². The molecule has 1 saturated heterocycles. The van der Waals surface area contributed by atoms with Gasteiger partial charge in [-0.25, -0.2) is 9.78 Å². The second-order valence-electron chi connectivity index (χ2n) is 8.12. The van der Waals surface area contributed by atoms with Gasteiger partial charge in [-0.15, -0.1) is 5.10 Å². The molecule has 2 aliphatic rings. The quantitative estimate of drug-likeness (QED) is 0.343. The minimum Gasteiger partial charge on any atom is -0.497 e. The Balaban J connectivity index is 1.38. The summed E-state index contributed by atoms with van der Waals surface area (Å²) in [5.41, 5.74) is 0.603. The van der Waals surface area contributed by atoms with Crippen LogP contribution in [0.1, 0.15) is 28.4 Å². The molecule has 36 heavy (non-hydrogen) atoms. The third-order valence-corrected chi connectivity index (χ3v) is 5.72. The van der Waals surface area contributed by atoms with Crippen molar-refractivity contribution in [3.8, 4) is 29.2 Å². The molecule has 182 valence electrons. The molecule has 1 aromatic carbocycles. The van der Waals surface area contributed by atoms with Gasteiger partial charge in [0.15, 0.2) is 0 Å². The molecule has 0 saturated carbocycles. The van der Waals surface area contributed by atoms with E-state index in [0.29, 0.717) is 35.1 Å². The van der Waals surface area contributed by atoms with E-state index in [1.54, 1.807) is 30.3 Å². The number of fused-ring (bicyclic) bond motifs is 1. The van der Waals surface area contributed by atoms with Gasteiger partial charge < -0.3 is 24.7 Å². The lowest BCUT2D eigenvalue weighted by atomic mass is 9.99. The van der Waals surface area contributed by atoms with E-state index in [1.807, 2.05) is 6.92 Å².